The van der Waals surface area contributed by atoms with Gasteiger partial charge in [-0.25, -0.2) is 4.98 Å². The molecule has 0 radical (unpaired) electrons. The molecule has 0 aliphatic carbocycles. The van der Waals surface area contributed by atoms with E-state index in [-0.39, 0.29) is 0 Å². The maximum atomic E-state index is 8.87. The van der Waals surface area contributed by atoms with Crippen molar-refractivity contribution in [3.05, 3.63) is 17.8 Å². The highest BCUT2D eigenvalue weighted by atomic mass is 31.0. The first-order valence-electron chi connectivity index (χ1n) is 3.83. The van der Waals surface area contributed by atoms with Crippen LogP contribution in [0, 0.1) is 6.92 Å². The Morgan fingerprint density at radius 1 is 1.54 bits per heavy atom. The predicted molar refractivity (Wildman–Crippen MR) is 56.9 cm³/mol. The summed E-state index contributed by atoms with van der Waals surface area (Å²) < 4.78 is 1.79. The number of aryl methyl sites for hydroxylation is 1. The van der Waals surface area contributed by atoms with Crippen molar-refractivity contribution in [3.8, 4) is 0 Å². The second-order valence-electron chi connectivity index (χ2n) is 2.89. The molecule has 1 rings (SSSR count). The first-order chi connectivity index (χ1) is 6.02. The molecule has 0 amide bonds. The maximum Gasteiger partial charge on any atom is 0.490 e. The van der Waals surface area contributed by atoms with Crippen molar-refractivity contribution in [2.75, 3.05) is 11.7 Å². The van der Waals surface area contributed by atoms with Crippen molar-refractivity contribution < 1.29 is 10.0 Å². The van der Waals surface area contributed by atoms with Crippen LogP contribution in [0.2, 0.25) is 0 Å². The second kappa shape index (κ2) is 4.05. The number of aromatic nitrogens is 1. The van der Waals surface area contributed by atoms with Crippen LogP contribution in [0.3, 0.4) is 0 Å². The molecule has 1 heterocycles. The van der Waals surface area contributed by atoms with Crippen LogP contribution < -0.4 is 10.1 Å². The van der Waals surface area contributed by atoms with Crippen LogP contribution in [0.5, 0.6) is 0 Å². The standard InChI is InChI=1S/C7H12BN2O2P/c1-5-3-6(8(11)12)4-9-7(5)10(2)13/h3-4,11-12H,13H2,1-2H3. The van der Waals surface area contributed by atoms with Gasteiger partial charge in [0.25, 0.3) is 0 Å². The van der Waals surface area contributed by atoms with Gasteiger partial charge in [0.2, 0.25) is 0 Å². The van der Waals surface area contributed by atoms with Gasteiger partial charge in [0.15, 0.2) is 0 Å². The minimum atomic E-state index is -1.45. The van der Waals surface area contributed by atoms with Gasteiger partial charge in [-0.05, 0) is 21.9 Å². The van der Waals surface area contributed by atoms with Gasteiger partial charge in [-0.3, -0.25) is 0 Å². The molecule has 0 aliphatic rings. The van der Waals surface area contributed by atoms with E-state index < -0.39 is 7.12 Å². The van der Waals surface area contributed by atoms with E-state index in [1.54, 1.807) is 10.7 Å². The van der Waals surface area contributed by atoms with E-state index in [4.69, 9.17) is 10.0 Å². The van der Waals surface area contributed by atoms with Crippen LogP contribution in [-0.4, -0.2) is 29.2 Å². The van der Waals surface area contributed by atoms with Crippen molar-refractivity contribution in [3.63, 3.8) is 0 Å². The number of hydrogen-bond acceptors (Lipinski definition) is 4. The van der Waals surface area contributed by atoms with Crippen molar-refractivity contribution >= 4 is 27.8 Å². The van der Waals surface area contributed by atoms with Gasteiger partial charge in [-0.2, -0.15) is 0 Å². The molecule has 0 fully saturated rings. The van der Waals surface area contributed by atoms with E-state index >= 15 is 0 Å². The molecule has 1 unspecified atom stereocenters. The molecule has 1 aromatic rings. The van der Waals surface area contributed by atoms with Gasteiger partial charge in [-0.15, -0.1) is 0 Å². The summed E-state index contributed by atoms with van der Waals surface area (Å²) in [6.07, 6.45) is 1.45. The van der Waals surface area contributed by atoms with Crippen molar-refractivity contribution in [2.24, 2.45) is 0 Å². The van der Waals surface area contributed by atoms with Crippen LogP contribution in [0.25, 0.3) is 0 Å². The highest BCUT2D eigenvalue weighted by molar-refractivity contribution is 7.19. The molecule has 1 aromatic heterocycles. The Hall–Kier alpha value is -0.635. The highest BCUT2D eigenvalue weighted by Gasteiger charge is 2.13. The number of nitrogens with zero attached hydrogens (tertiary/aromatic N) is 2. The highest BCUT2D eigenvalue weighted by Crippen LogP contribution is 2.15. The summed E-state index contributed by atoms with van der Waals surface area (Å²) in [5, 5.41) is 17.7. The molecule has 0 saturated carbocycles. The minimum Gasteiger partial charge on any atom is -0.423 e. The van der Waals surface area contributed by atoms with Gasteiger partial charge in [0.05, 0.1) is 0 Å². The lowest BCUT2D eigenvalue weighted by atomic mass is 9.81. The minimum absolute atomic E-state index is 0.410. The van der Waals surface area contributed by atoms with Gasteiger partial charge in [0.1, 0.15) is 5.82 Å². The van der Waals surface area contributed by atoms with Crippen LogP contribution in [0.1, 0.15) is 5.56 Å². The summed E-state index contributed by atoms with van der Waals surface area (Å²) in [5.41, 5.74) is 1.32. The Balaban J connectivity index is 3.06. The monoisotopic (exact) mass is 198 g/mol. The van der Waals surface area contributed by atoms with Crippen molar-refractivity contribution in [1.29, 1.82) is 0 Å². The Morgan fingerprint density at radius 3 is 2.54 bits per heavy atom. The zero-order valence-electron chi connectivity index (χ0n) is 7.60. The van der Waals surface area contributed by atoms with Crippen LogP contribution in [0.4, 0.5) is 5.82 Å². The van der Waals surface area contributed by atoms with Gasteiger partial charge in [-0.1, -0.05) is 6.07 Å². The molecule has 6 heteroatoms. The molecule has 0 bridgehead atoms. The topological polar surface area (TPSA) is 56.6 Å². The zero-order valence-corrected chi connectivity index (χ0v) is 8.75. The number of anilines is 1. The zero-order chi connectivity index (χ0) is 10.0. The van der Waals surface area contributed by atoms with E-state index in [9.17, 15) is 0 Å². The Bertz CT molecular complexity index is 307. The van der Waals surface area contributed by atoms with Gasteiger partial charge in [0, 0.05) is 18.7 Å². The fraction of sp³-hybridized carbons (Fsp3) is 0.286. The fourth-order valence-corrected chi connectivity index (χ4v) is 1.37. The summed E-state index contributed by atoms with van der Waals surface area (Å²) in [6, 6.07) is 1.70. The van der Waals surface area contributed by atoms with Gasteiger partial charge < -0.3 is 14.7 Å². The number of rotatable bonds is 2. The molecule has 0 aromatic carbocycles. The first kappa shape index (κ1) is 10.4. The first-order valence-corrected chi connectivity index (χ1v) is 4.35. The summed E-state index contributed by atoms with van der Waals surface area (Å²) in [5.74, 6) is 0.800. The van der Waals surface area contributed by atoms with Gasteiger partial charge >= 0.3 is 7.12 Å². The smallest absolute Gasteiger partial charge is 0.423 e. The quantitative estimate of drug-likeness (QED) is 0.487. The Labute approximate surface area is 80.0 Å². The molecular formula is C7H12BN2O2P. The summed E-state index contributed by atoms with van der Waals surface area (Å²) in [7, 11) is 2.90. The fourth-order valence-electron chi connectivity index (χ4n) is 1.10. The Kier molecular flexibility index (Phi) is 3.25. The van der Waals surface area contributed by atoms with Crippen LogP contribution in [0.15, 0.2) is 12.3 Å². The third kappa shape index (κ3) is 2.40. The maximum absolute atomic E-state index is 8.87. The lowest BCUT2D eigenvalue weighted by molar-refractivity contribution is 0.425. The average Bonchev–Trinajstić information content (AvgIpc) is 2.03. The third-order valence-electron chi connectivity index (χ3n) is 1.70. The van der Waals surface area contributed by atoms with E-state index in [1.165, 1.54) is 6.20 Å². The van der Waals surface area contributed by atoms with Crippen molar-refractivity contribution in [1.82, 2.24) is 4.98 Å². The molecule has 70 valence electrons. The second-order valence-corrected chi connectivity index (χ2v) is 3.67. The van der Waals surface area contributed by atoms with E-state index in [2.05, 4.69) is 14.4 Å². The summed E-state index contributed by atoms with van der Waals surface area (Å²) >= 11 is 0. The SMILES string of the molecule is Cc1cc(B(O)O)cnc1N(C)P. The molecular weight excluding hydrogens is 186 g/mol. The van der Waals surface area contributed by atoms with E-state index in [1.807, 2.05) is 14.0 Å². The number of hydrogen-bond donors (Lipinski definition) is 2. The third-order valence-corrected chi connectivity index (χ3v) is 1.95. The molecule has 2 N–H and O–H groups in total. The van der Waals surface area contributed by atoms with Crippen molar-refractivity contribution in [2.45, 2.75) is 6.92 Å². The molecule has 0 saturated heterocycles. The van der Waals surface area contributed by atoms with Crippen LogP contribution >= 0.6 is 9.39 Å². The lowest BCUT2D eigenvalue weighted by Gasteiger charge is -2.14. The number of pyridine rings is 1. The van der Waals surface area contributed by atoms with E-state index in [0.717, 1.165) is 11.4 Å². The average molecular weight is 198 g/mol. The molecule has 1 atom stereocenters. The summed E-state index contributed by atoms with van der Waals surface area (Å²) in [6.45, 7) is 1.87. The van der Waals surface area contributed by atoms with Crippen LogP contribution in [-0.2, 0) is 0 Å². The Morgan fingerprint density at radius 2 is 2.15 bits per heavy atom. The normalized spacial score (nSPS) is 9.92. The molecule has 0 spiro atoms. The predicted octanol–water partition coefficient (Wildman–Crippen LogP) is -0.704. The lowest BCUT2D eigenvalue weighted by Crippen LogP contribution is -2.30. The van der Waals surface area contributed by atoms with E-state index in [0.29, 0.717) is 5.46 Å². The summed E-state index contributed by atoms with van der Waals surface area (Å²) in [4.78, 5) is 4.08. The molecule has 0 aliphatic heterocycles. The molecule has 4 nitrogen and oxygen atoms in total. The molecule has 13 heavy (non-hydrogen) atoms. The largest absolute Gasteiger partial charge is 0.490 e.